The average Bonchev–Trinajstić information content (AvgIpc) is 2.81. The van der Waals surface area contributed by atoms with E-state index in [1.165, 1.54) is 12.0 Å². The smallest absolute Gasteiger partial charge is 0.266 e. The predicted octanol–water partition coefficient (Wildman–Crippen LogP) is 2.90. The lowest BCUT2D eigenvalue weighted by molar-refractivity contribution is 0.0592. The molecule has 1 saturated heterocycles. The quantitative estimate of drug-likeness (QED) is 0.762. The summed E-state index contributed by atoms with van der Waals surface area (Å²) < 4.78 is 26.2. The fourth-order valence-electron chi connectivity index (χ4n) is 3.26. The zero-order chi connectivity index (χ0) is 11.4. The highest BCUT2D eigenvalue weighted by Crippen LogP contribution is 2.61. The van der Waals surface area contributed by atoms with E-state index in [4.69, 9.17) is 0 Å². The second kappa shape index (κ2) is 3.16. The third kappa shape index (κ3) is 1.45. The summed E-state index contributed by atoms with van der Waals surface area (Å²) in [4.78, 5) is 0. The lowest BCUT2D eigenvalue weighted by atomic mass is 9.85. The van der Waals surface area contributed by atoms with E-state index in [2.05, 4.69) is 5.32 Å². The summed E-state index contributed by atoms with van der Waals surface area (Å²) >= 11 is 0. The Morgan fingerprint density at radius 1 is 1.38 bits per heavy atom. The molecule has 1 heterocycles. The van der Waals surface area contributed by atoms with E-state index in [9.17, 15) is 8.78 Å². The minimum Gasteiger partial charge on any atom is -0.316 e. The molecule has 1 nitrogen and oxygen atoms in total. The van der Waals surface area contributed by atoms with Gasteiger partial charge in [0.15, 0.2) is 0 Å². The highest BCUT2D eigenvalue weighted by Gasteiger charge is 2.58. The largest absolute Gasteiger partial charge is 0.316 e. The van der Waals surface area contributed by atoms with E-state index in [0.29, 0.717) is 11.8 Å². The van der Waals surface area contributed by atoms with Crippen LogP contribution in [0.5, 0.6) is 0 Å². The van der Waals surface area contributed by atoms with E-state index in [1.54, 1.807) is 6.08 Å². The molecule has 2 unspecified atom stereocenters. The van der Waals surface area contributed by atoms with Crippen molar-refractivity contribution in [1.82, 2.24) is 5.32 Å². The van der Waals surface area contributed by atoms with Gasteiger partial charge in [0.25, 0.3) is 5.92 Å². The molecule has 0 radical (unpaired) electrons. The fraction of sp³-hybridized carbons (Fsp3) is 0.692. The van der Waals surface area contributed by atoms with E-state index in [-0.39, 0.29) is 5.57 Å². The highest BCUT2D eigenvalue weighted by atomic mass is 19.3. The molecule has 0 aromatic rings. The molecular weight excluding hydrogens is 208 g/mol. The van der Waals surface area contributed by atoms with Gasteiger partial charge in [-0.05, 0) is 37.3 Å². The molecule has 2 fully saturated rings. The monoisotopic (exact) mass is 225 g/mol. The van der Waals surface area contributed by atoms with Gasteiger partial charge in [0.1, 0.15) is 0 Å². The number of allylic oxidation sites excluding steroid dienone is 3. The lowest BCUT2D eigenvalue weighted by Gasteiger charge is -2.23. The number of fused-ring (bicyclic) bond motifs is 1. The van der Waals surface area contributed by atoms with Gasteiger partial charge < -0.3 is 5.32 Å². The summed E-state index contributed by atoms with van der Waals surface area (Å²) in [7, 11) is 0. The van der Waals surface area contributed by atoms with Crippen LogP contribution in [-0.2, 0) is 0 Å². The van der Waals surface area contributed by atoms with Crippen LogP contribution in [-0.4, -0.2) is 19.0 Å². The Morgan fingerprint density at radius 3 is 2.62 bits per heavy atom. The third-order valence-corrected chi connectivity index (χ3v) is 4.42. The summed E-state index contributed by atoms with van der Waals surface area (Å²) in [5.74, 6) is -1.87. The van der Waals surface area contributed by atoms with Crippen LogP contribution in [0, 0.1) is 11.3 Å². The van der Waals surface area contributed by atoms with Crippen molar-refractivity contribution in [2.75, 3.05) is 13.1 Å². The van der Waals surface area contributed by atoms with Crippen molar-refractivity contribution < 1.29 is 8.78 Å². The molecule has 0 aromatic heterocycles. The number of alkyl halides is 2. The molecule has 88 valence electrons. The van der Waals surface area contributed by atoms with Crippen LogP contribution in [0.1, 0.15) is 26.2 Å². The molecule has 0 aromatic carbocycles. The topological polar surface area (TPSA) is 12.0 Å². The summed E-state index contributed by atoms with van der Waals surface area (Å²) in [5, 5.41) is 3.39. The Bertz CT molecular complexity index is 378. The zero-order valence-electron chi connectivity index (χ0n) is 9.52. The normalized spacial score (nSPS) is 37.8. The number of rotatable bonds is 2. The lowest BCUT2D eigenvalue weighted by Crippen LogP contribution is -2.21. The summed E-state index contributed by atoms with van der Waals surface area (Å²) in [5.41, 5.74) is 2.04. The molecule has 1 N–H and O–H groups in total. The Labute approximate surface area is 94.6 Å². The van der Waals surface area contributed by atoms with Crippen LogP contribution in [0.3, 0.4) is 0 Å². The molecule has 3 heteroatoms. The average molecular weight is 225 g/mol. The van der Waals surface area contributed by atoms with Crippen molar-refractivity contribution in [1.29, 1.82) is 0 Å². The van der Waals surface area contributed by atoms with Crippen molar-refractivity contribution >= 4 is 0 Å². The van der Waals surface area contributed by atoms with E-state index in [0.717, 1.165) is 32.4 Å². The predicted molar refractivity (Wildman–Crippen MR) is 59.4 cm³/mol. The first-order valence-corrected chi connectivity index (χ1v) is 6.02. The standard InChI is InChI=1S/C13H17F2N/c1-12(14,15)9-2-4-10(5-3-9)13-6-11(13)7-16-8-13/h2,4,11,16H,3,5-8H2,1H3. The van der Waals surface area contributed by atoms with Gasteiger partial charge in [0.2, 0.25) is 0 Å². The maximum absolute atomic E-state index is 13.1. The van der Waals surface area contributed by atoms with Crippen molar-refractivity contribution in [3.05, 3.63) is 23.3 Å². The third-order valence-electron chi connectivity index (χ3n) is 4.42. The molecule has 0 amide bonds. The molecule has 2 atom stereocenters. The SMILES string of the molecule is CC(F)(F)C1=CC=C(C23CNCC2C3)CC1. The maximum atomic E-state index is 13.1. The van der Waals surface area contributed by atoms with Gasteiger partial charge in [-0.25, -0.2) is 8.78 Å². The number of hydrogen-bond donors (Lipinski definition) is 1. The Balaban J connectivity index is 1.81. The second-order valence-electron chi connectivity index (χ2n) is 5.46. The first-order valence-electron chi connectivity index (χ1n) is 6.02. The number of hydrogen-bond acceptors (Lipinski definition) is 1. The van der Waals surface area contributed by atoms with Crippen molar-refractivity contribution in [3.63, 3.8) is 0 Å². The van der Waals surface area contributed by atoms with Gasteiger partial charge in [-0.15, -0.1) is 0 Å². The molecule has 3 rings (SSSR count). The van der Waals surface area contributed by atoms with E-state index in [1.807, 2.05) is 6.08 Å². The maximum Gasteiger partial charge on any atom is 0.266 e. The Hall–Kier alpha value is -0.700. The first kappa shape index (κ1) is 10.5. The molecular formula is C13H17F2N. The van der Waals surface area contributed by atoms with Crippen molar-refractivity contribution in [2.24, 2.45) is 11.3 Å². The van der Waals surface area contributed by atoms with Crippen LogP contribution < -0.4 is 5.32 Å². The van der Waals surface area contributed by atoms with Crippen molar-refractivity contribution in [2.45, 2.75) is 32.1 Å². The van der Waals surface area contributed by atoms with Crippen LogP contribution in [0.2, 0.25) is 0 Å². The molecule has 1 aliphatic heterocycles. The van der Waals surface area contributed by atoms with Gasteiger partial charge in [0, 0.05) is 18.9 Å². The Morgan fingerprint density at radius 2 is 2.19 bits per heavy atom. The van der Waals surface area contributed by atoms with Gasteiger partial charge >= 0.3 is 0 Å². The minimum absolute atomic E-state index is 0.288. The summed E-state index contributed by atoms with van der Waals surface area (Å²) in [6.45, 7) is 3.15. The first-order chi connectivity index (χ1) is 7.52. The van der Waals surface area contributed by atoms with Crippen LogP contribution in [0.15, 0.2) is 23.3 Å². The summed E-state index contributed by atoms with van der Waals surface area (Å²) in [6, 6.07) is 0. The number of piperidine rings is 1. The van der Waals surface area contributed by atoms with Crippen LogP contribution >= 0.6 is 0 Å². The van der Waals surface area contributed by atoms with E-state index < -0.39 is 5.92 Å². The summed E-state index contributed by atoms with van der Waals surface area (Å²) in [6.07, 6.45) is 6.24. The minimum atomic E-state index is -2.64. The fourth-order valence-corrected chi connectivity index (χ4v) is 3.26. The number of nitrogens with one attached hydrogen (secondary N) is 1. The molecule has 2 aliphatic carbocycles. The zero-order valence-corrected chi connectivity index (χ0v) is 9.52. The van der Waals surface area contributed by atoms with Crippen LogP contribution in [0.25, 0.3) is 0 Å². The van der Waals surface area contributed by atoms with Gasteiger partial charge in [-0.2, -0.15) is 0 Å². The van der Waals surface area contributed by atoms with Gasteiger partial charge in [-0.1, -0.05) is 17.7 Å². The van der Waals surface area contributed by atoms with Crippen molar-refractivity contribution in [3.8, 4) is 0 Å². The second-order valence-corrected chi connectivity index (χ2v) is 5.46. The van der Waals surface area contributed by atoms with Gasteiger partial charge in [-0.3, -0.25) is 0 Å². The molecule has 3 aliphatic rings. The van der Waals surface area contributed by atoms with Gasteiger partial charge in [0.05, 0.1) is 0 Å². The van der Waals surface area contributed by atoms with E-state index >= 15 is 0 Å². The molecule has 0 bridgehead atoms. The molecule has 1 saturated carbocycles. The van der Waals surface area contributed by atoms with Crippen LogP contribution in [0.4, 0.5) is 8.78 Å². The highest BCUT2D eigenvalue weighted by molar-refractivity contribution is 5.37. The molecule has 0 spiro atoms. The Kier molecular flexibility index (Phi) is 2.06. The number of halogens is 2. The molecule has 16 heavy (non-hydrogen) atoms.